The molecular formula is C18H32O16. The molecule has 3 fully saturated rings. The Bertz CT molecular complexity index is 637. The van der Waals surface area contributed by atoms with Crippen molar-refractivity contribution in [3.63, 3.8) is 0 Å². The third-order valence-electron chi connectivity index (χ3n) is 6.07. The molecule has 3 saturated heterocycles. The quantitative estimate of drug-likeness (QED) is 0.154. The Balaban J connectivity index is 1.65. The molecule has 0 aromatic rings. The second-order valence-corrected chi connectivity index (χ2v) is 8.37. The van der Waals surface area contributed by atoms with Crippen LogP contribution in [0.2, 0.25) is 0 Å². The summed E-state index contributed by atoms with van der Waals surface area (Å²) in [5.74, 6) is 0. The highest BCUT2D eigenvalue weighted by Crippen LogP contribution is 2.29. The summed E-state index contributed by atoms with van der Waals surface area (Å²) in [6.45, 7) is -2.06. The summed E-state index contributed by atoms with van der Waals surface area (Å²) >= 11 is 0. The SMILES string of the molecule is OC[C@H]1O[C@H](OC[C@H]2OC(O)[C@@H](O)[C@@H](O[C@H]3O[C@H](CO)[C@@H](O)[C@H](O)[C@@H]3O)[C@@H]2O)[C@@H](O)[C@@H](O)[C@@H]1O. The molecule has 3 heterocycles. The molecule has 0 aromatic heterocycles. The van der Waals surface area contributed by atoms with Gasteiger partial charge < -0.3 is 79.9 Å². The van der Waals surface area contributed by atoms with Crippen LogP contribution in [-0.2, 0) is 23.7 Å². The van der Waals surface area contributed by atoms with Gasteiger partial charge in [-0.25, -0.2) is 0 Å². The van der Waals surface area contributed by atoms with Crippen molar-refractivity contribution >= 4 is 0 Å². The summed E-state index contributed by atoms with van der Waals surface area (Å²) in [6, 6.07) is 0. The van der Waals surface area contributed by atoms with Crippen molar-refractivity contribution in [2.75, 3.05) is 19.8 Å². The second-order valence-electron chi connectivity index (χ2n) is 8.37. The number of hydrogen-bond acceptors (Lipinski definition) is 16. The van der Waals surface area contributed by atoms with Crippen molar-refractivity contribution in [2.24, 2.45) is 0 Å². The van der Waals surface area contributed by atoms with Crippen LogP contribution >= 0.6 is 0 Å². The van der Waals surface area contributed by atoms with Crippen LogP contribution in [0.3, 0.4) is 0 Å². The Hall–Kier alpha value is -0.640. The molecule has 34 heavy (non-hydrogen) atoms. The van der Waals surface area contributed by atoms with Crippen molar-refractivity contribution < 1.29 is 79.9 Å². The van der Waals surface area contributed by atoms with Gasteiger partial charge in [0.25, 0.3) is 0 Å². The molecule has 16 nitrogen and oxygen atoms in total. The lowest BCUT2D eigenvalue weighted by Gasteiger charge is -2.45. The second kappa shape index (κ2) is 11.6. The van der Waals surface area contributed by atoms with Gasteiger partial charge in [0.2, 0.25) is 0 Å². The van der Waals surface area contributed by atoms with Crippen LogP contribution in [-0.4, -0.2) is 168 Å². The van der Waals surface area contributed by atoms with Gasteiger partial charge in [0.15, 0.2) is 18.9 Å². The summed E-state index contributed by atoms with van der Waals surface area (Å²) in [7, 11) is 0. The molecule has 11 N–H and O–H groups in total. The molecule has 0 radical (unpaired) electrons. The third-order valence-corrected chi connectivity index (χ3v) is 6.07. The number of aliphatic hydroxyl groups is 11. The molecule has 0 amide bonds. The third kappa shape index (κ3) is 5.52. The maximum Gasteiger partial charge on any atom is 0.187 e. The highest BCUT2D eigenvalue weighted by atomic mass is 16.7. The van der Waals surface area contributed by atoms with Gasteiger partial charge in [-0.3, -0.25) is 0 Å². The molecule has 0 bridgehead atoms. The minimum absolute atomic E-state index is 0.609. The van der Waals surface area contributed by atoms with Crippen molar-refractivity contribution in [1.29, 1.82) is 0 Å². The predicted molar refractivity (Wildman–Crippen MR) is 101 cm³/mol. The fourth-order valence-corrected chi connectivity index (χ4v) is 3.94. The van der Waals surface area contributed by atoms with Gasteiger partial charge in [-0.05, 0) is 0 Å². The maximum absolute atomic E-state index is 10.6. The zero-order valence-corrected chi connectivity index (χ0v) is 17.7. The van der Waals surface area contributed by atoms with E-state index in [2.05, 4.69) is 0 Å². The largest absolute Gasteiger partial charge is 0.394 e. The summed E-state index contributed by atoms with van der Waals surface area (Å²) in [6.07, 6.45) is -24.9. The van der Waals surface area contributed by atoms with Crippen molar-refractivity contribution in [3.05, 3.63) is 0 Å². The zero-order chi connectivity index (χ0) is 25.3. The van der Waals surface area contributed by atoms with Crippen LogP contribution < -0.4 is 0 Å². The minimum atomic E-state index is -1.93. The Morgan fingerprint density at radius 3 is 1.53 bits per heavy atom. The van der Waals surface area contributed by atoms with Crippen molar-refractivity contribution in [2.45, 2.75) is 92.1 Å². The van der Waals surface area contributed by atoms with E-state index in [1.165, 1.54) is 0 Å². The maximum atomic E-state index is 10.6. The van der Waals surface area contributed by atoms with Crippen LogP contribution in [0.15, 0.2) is 0 Å². The van der Waals surface area contributed by atoms with Crippen molar-refractivity contribution in [3.8, 4) is 0 Å². The molecule has 3 aliphatic rings. The molecule has 0 aliphatic carbocycles. The Labute approximate surface area is 192 Å². The standard InChI is InChI=1S/C18H32O16/c19-1-4-7(21)10(24)12(26)17(32-4)30-3-6-9(23)15(14(28)16(29)31-6)34-18-13(27)11(25)8(22)5(2-20)33-18/h4-29H,1-3H2/t4-,5-,6-,7-,8-,9-,10+,11+,12+,13+,14+,15+,16?,17+,18-/m1/s1. The van der Waals surface area contributed by atoms with Gasteiger partial charge in [0.05, 0.1) is 19.8 Å². The van der Waals surface area contributed by atoms with E-state index < -0.39 is 112 Å². The summed E-state index contributed by atoms with van der Waals surface area (Å²) in [5.41, 5.74) is 0. The van der Waals surface area contributed by atoms with E-state index >= 15 is 0 Å². The summed E-state index contributed by atoms with van der Waals surface area (Å²) in [4.78, 5) is 0. The number of aliphatic hydroxyl groups excluding tert-OH is 11. The molecule has 0 aromatic carbocycles. The van der Waals surface area contributed by atoms with E-state index in [1.54, 1.807) is 0 Å². The summed E-state index contributed by atoms with van der Waals surface area (Å²) < 4.78 is 26.1. The molecule has 3 rings (SSSR count). The normalized spacial score (nSPS) is 52.5. The van der Waals surface area contributed by atoms with Gasteiger partial charge in [-0.2, -0.15) is 0 Å². The number of ether oxygens (including phenoxy) is 5. The van der Waals surface area contributed by atoms with E-state index in [0.29, 0.717) is 0 Å². The van der Waals surface area contributed by atoms with E-state index in [4.69, 9.17) is 23.7 Å². The fourth-order valence-electron chi connectivity index (χ4n) is 3.94. The molecule has 0 saturated carbocycles. The first-order chi connectivity index (χ1) is 16.0. The average molecular weight is 504 g/mol. The minimum Gasteiger partial charge on any atom is -0.394 e. The first-order valence-corrected chi connectivity index (χ1v) is 10.6. The van der Waals surface area contributed by atoms with Gasteiger partial charge in [0.1, 0.15) is 73.2 Å². The Morgan fingerprint density at radius 1 is 0.500 bits per heavy atom. The highest BCUT2D eigenvalue weighted by molar-refractivity contribution is 4.94. The molecule has 15 atom stereocenters. The number of hydrogen-bond donors (Lipinski definition) is 11. The van der Waals surface area contributed by atoms with E-state index in [-0.39, 0.29) is 0 Å². The summed E-state index contributed by atoms with van der Waals surface area (Å²) in [5, 5.41) is 109. The molecule has 1 unspecified atom stereocenters. The van der Waals surface area contributed by atoms with Crippen LogP contribution in [0, 0.1) is 0 Å². The fraction of sp³-hybridized carbons (Fsp3) is 1.00. The van der Waals surface area contributed by atoms with Gasteiger partial charge in [-0.15, -0.1) is 0 Å². The highest BCUT2D eigenvalue weighted by Gasteiger charge is 2.51. The lowest BCUT2D eigenvalue weighted by atomic mass is 9.97. The first kappa shape index (κ1) is 27.9. The van der Waals surface area contributed by atoms with Crippen LogP contribution in [0.5, 0.6) is 0 Å². The molecule has 16 heteroatoms. The molecule has 3 aliphatic heterocycles. The van der Waals surface area contributed by atoms with Gasteiger partial charge >= 0.3 is 0 Å². The Kier molecular flexibility index (Phi) is 9.54. The first-order valence-electron chi connectivity index (χ1n) is 10.6. The van der Waals surface area contributed by atoms with Crippen molar-refractivity contribution in [1.82, 2.24) is 0 Å². The van der Waals surface area contributed by atoms with Gasteiger partial charge in [-0.1, -0.05) is 0 Å². The van der Waals surface area contributed by atoms with E-state index in [0.717, 1.165) is 0 Å². The molecule has 0 spiro atoms. The monoisotopic (exact) mass is 504 g/mol. The Morgan fingerprint density at radius 2 is 1.00 bits per heavy atom. The van der Waals surface area contributed by atoms with Crippen LogP contribution in [0.1, 0.15) is 0 Å². The smallest absolute Gasteiger partial charge is 0.187 e. The topological polar surface area (TPSA) is 269 Å². The van der Waals surface area contributed by atoms with Crippen LogP contribution in [0.25, 0.3) is 0 Å². The zero-order valence-electron chi connectivity index (χ0n) is 17.7. The predicted octanol–water partition coefficient (Wildman–Crippen LogP) is -7.57. The molecular weight excluding hydrogens is 472 g/mol. The van der Waals surface area contributed by atoms with E-state index in [9.17, 15) is 56.2 Å². The lowest BCUT2D eigenvalue weighted by molar-refractivity contribution is -0.361. The number of rotatable bonds is 7. The van der Waals surface area contributed by atoms with E-state index in [1.807, 2.05) is 0 Å². The molecule has 200 valence electrons. The van der Waals surface area contributed by atoms with Gasteiger partial charge in [0, 0.05) is 0 Å². The average Bonchev–Trinajstić information content (AvgIpc) is 2.82. The lowest BCUT2D eigenvalue weighted by Crippen LogP contribution is -2.65. The van der Waals surface area contributed by atoms with Crippen LogP contribution in [0.4, 0.5) is 0 Å².